The van der Waals surface area contributed by atoms with E-state index in [9.17, 15) is 0 Å². The summed E-state index contributed by atoms with van der Waals surface area (Å²) in [5.74, 6) is 0. The Balaban J connectivity index is 2.80. The van der Waals surface area contributed by atoms with Crippen molar-refractivity contribution in [3.05, 3.63) is 34.9 Å². The molecule has 2 heteroatoms. The van der Waals surface area contributed by atoms with Crippen molar-refractivity contribution in [3.63, 3.8) is 0 Å². The van der Waals surface area contributed by atoms with Crippen LogP contribution in [0.2, 0.25) is 0 Å². The van der Waals surface area contributed by atoms with E-state index in [0.717, 1.165) is 19.7 Å². The van der Waals surface area contributed by atoms with Crippen LogP contribution in [0, 0.1) is 19.3 Å². The van der Waals surface area contributed by atoms with Gasteiger partial charge < -0.3 is 10.1 Å². The van der Waals surface area contributed by atoms with E-state index < -0.39 is 0 Å². The topological polar surface area (TPSA) is 21.3 Å². The molecule has 0 saturated heterocycles. The zero-order chi connectivity index (χ0) is 15.0. The van der Waals surface area contributed by atoms with Crippen molar-refractivity contribution in [3.8, 4) is 0 Å². The van der Waals surface area contributed by atoms with Crippen molar-refractivity contribution < 1.29 is 4.74 Å². The fourth-order valence-corrected chi connectivity index (χ4v) is 2.84. The lowest BCUT2D eigenvalue weighted by atomic mass is 9.75. The number of rotatable bonds is 9. The first-order valence-corrected chi connectivity index (χ1v) is 7.83. The summed E-state index contributed by atoms with van der Waals surface area (Å²) in [5.41, 5.74) is 4.73. The SMILES string of the molecule is CCC(CC)(CNCCOC)Cc1c(C)cccc1C. The molecule has 0 atom stereocenters. The van der Waals surface area contributed by atoms with Crippen LogP contribution >= 0.6 is 0 Å². The molecule has 0 spiro atoms. The van der Waals surface area contributed by atoms with Crippen LogP contribution in [0.5, 0.6) is 0 Å². The Bertz CT molecular complexity index is 376. The molecule has 1 aromatic rings. The number of hydrogen-bond acceptors (Lipinski definition) is 2. The molecule has 0 unspecified atom stereocenters. The van der Waals surface area contributed by atoms with E-state index in [4.69, 9.17) is 4.74 Å². The zero-order valence-electron chi connectivity index (χ0n) is 13.9. The molecule has 114 valence electrons. The highest BCUT2D eigenvalue weighted by Gasteiger charge is 2.27. The smallest absolute Gasteiger partial charge is 0.0587 e. The van der Waals surface area contributed by atoms with E-state index in [1.54, 1.807) is 7.11 Å². The lowest BCUT2D eigenvalue weighted by Crippen LogP contribution is -2.37. The molecule has 0 saturated carbocycles. The first-order chi connectivity index (χ1) is 9.58. The Morgan fingerprint density at radius 1 is 1.10 bits per heavy atom. The average molecular weight is 277 g/mol. The van der Waals surface area contributed by atoms with Crippen LogP contribution in [0.3, 0.4) is 0 Å². The predicted octanol–water partition coefficient (Wildman–Crippen LogP) is 3.89. The first-order valence-electron chi connectivity index (χ1n) is 7.83. The van der Waals surface area contributed by atoms with Gasteiger partial charge in [0.1, 0.15) is 0 Å². The molecule has 0 aliphatic carbocycles. The molecule has 0 bridgehead atoms. The van der Waals surface area contributed by atoms with Crippen LogP contribution in [-0.4, -0.2) is 26.8 Å². The highest BCUT2D eigenvalue weighted by Crippen LogP contribution is 2.32. The van der Waals surface area contributed by atoms with Crippen LogP contribution in [0.15, 0.2) is 18.2 Å². The monoisotopic (exact) mass is 277 g/mol. The van der Waals surface area contributed by atoms with Gasteiger partial charge in [0.15, 0.2) is 0 Å². The molecule has 20 heavy (non-hydrogen) atoms. The van der Waals surface area contributed by atoms with Gasteiger partial charge in [-0.3, -0.25) is 0 Å². The number of ether oxygens (including phenoxy) is 1. The minimum absolute atomic E-state index is 0.352. The molecule has 1 N–H and O–H groups in total. The molecule has 0 fully saturated rings. The second kappa shape index (κ2) is 8.43. The molecular weight excluding hydrogens is 246 g/mol. The second-order valence-electron chi connectivity index (χ2n) is 5.92. The molecule has 0 heterocycles. The van der Waals surface area contributed by atoms with Crippen LogP contribution in [0.4, 0.5) is 0 Å². The van der Waals surface area contributed by atoms with Crippen LogP contribution in [-0.2, 0) is 11.2 Å². The van der Waals surface area contributed by atoms with Gasteiger partial charge in [-0.2, -0.15) is 0 Å². The number of aryl methyl sites for hydroxylation is 2. The summed E-state index contributed by atoms with van der Waals surface area (Å²) in [6.07, 6.45) is 3.58. The number of nitrogens with one attached hydrogen (secondary N) is 1. The zero-order valence-corrected chi connectivity index (χ0v) is 13.9. The van der Waals surface area contributed by atoms with Gasteiger partial charge in [-0.05, 0) is 55.2 Å². The third-order valence-corrected chi connectivity index (χ3v) is 4.68. The maximum Gasteiger partial charge on any atom is 0.0587 e. The van der Waals surface area contributed by atoms with Crippen LogP contribution < -0.4 is 5.32 Å². The standard InChI is InChI=1S/C18H31NO/c1-6-18(7-2,14-19-11-12-20-5)13-17-15(3)9-8-10-16(17)4/h8-10,19H,6-7,11-14H2,1-5H3. The number of benzene rings is 1. The van der Waals surface area contributed by atoms with Gasteiger partial charge in [0.2, 0.25) is 0 Å². The molecule has 1 rings (SSSR count). The van der Waals surface area contributed by atoms with E-state index >= 15 is 0 Å². The van der Waals surface area contributed by atoms with Crippen molar-refractivity contribution in [2.24, 2.45) is 5.41 Å². The Morgan fingerprint density at radius 3 is 2.20 bits per heavy atom. The average Bonchev–Trinajstić information content (AvgIpc) is 2.46. The lowest BCUT2D eigenvalue weighted by molar-refractivity contribution is 0.185. The molecule has 0 amide bonds. The van der Waals surface area contributed by atoms with E-state index in [-0.39, 0.29) is 0 Å². The van der Waals surface area contributed by atoms with Gasteiger partial charge in [0, 0.05) is 20.2 Å². The van der Waals surface area contributed by atoms with E-state index in [1.165, 1.54) is 36.0 Å². The van der Waals surface area contributed by atoms with Gasteiger partial charge in [-0.15, -0.1) is 0 Å². The Labute approximate surface area is 124 Å². The Hall–Kier alpha value is -0.860. The van der Waals surface area contributed by atoms with Crippen molar-refractivity contribution in [1.82, 2.24) is 5.32 Å². The molecular formula is C18H31NO. The number of hydrogen-bond donors (Lipinski definition) is 1. The van der Waals surface area contributed by atoms with Gasteiger partial charge in [-0.25, -0.2) is 0 Å². The highest BCUT2D eigenvalue weighted by atomic mass is 16.5. The summed E-state index contributed by atoms with van der Waals surface area (Å²) in [4.78, 5) is 0. The summed E-state index contributed by atoms with van der Waals surface area (Å²) >= 11 is 0. The normalized spacial score (nSPS) is 11.8. The van der Waals surface area contributed by atoms with Crippen LogP contribution in [0.25, 0.3) is 0 Å². The maximum atomic E-state index is 5.12. The third kappa shape index (κ3) is 4.60. The van der Waals surface area contributed by atoms with Crippen molar-refractivity contribution in [2.45, 2.75) is 47.0 Å². The minimum atomic E-state index is 0.352. The first kappa shape index (κ1) is 17.2. The summed E-state index contributed by atoms with van der Waals surface area (Å²) in [6.45, 7) is 11.9. The summed E-state index contributed by atoms with van der Waals surface area (Å²) in [7, 11) is 1.76. The maximum absolute atomic E-state index is 5.12. The quantitative estimate of drug-likeness (QED) is 0.691. The predicted molar refractivity (Wildman–Crippen MR) is 87.4 cm³/mol. The largest absolute Gasteiger partial charge is 0.383 e. The second-order valence-corrected chi connectivity index (χ2v) is 5.92. The molecule has 0 radical (unpaired) electrons. The van der Waals surface area contributed by atoms with E-state index in [1.807, 2.05) is 0 Å². The van der Waals surface area contributed by atoms with Crippen LogP contribution in [0.1, 0.15) is 43.4 Å². The van der Waals surface area contributed by atoms with Gasteiger partial charge in [-0.1, -0.05) is 32.0 Å². The molecule has 2 nitrogen and oxygen atoms in total. The van der Waals surface area contributed by atoms with Gasteiger partial charge in [0.25, 0.3) is 0 Å². The van der Waals surface area contributed by atoms with Crippen molar-refractivity contribution >= 4 is 0 Å². The molecule has 0 aliphatic heterocycles. The Kier molecular flexibility index (Phi) is 7.25. The number of methoxy groups -OCH3 is 1. The fourth-order valence-electron chi connectivity index (χ4n) is 2.84. The minimum Gasteiger partial charge on any atom is -0.383 e. The molecule has 1 aromatic carbocycles. The highest BCUT2D eigenvalue weighted by molar-refractivity contribution is 5.34. The van der Waals surface area contributed by atoms with Gasteiger partial charge in [0.05, 0.1) is 6.61 Å². The molecule has 0 aliphatic rings. The summed E-state index contributed by atoms with van der Waals surface area (Å²) < 4.78 is 5.12. The Morgan fingerprint density at radius 2 is 1.70 bits per heavy atom. The van der Waals surface area contributed by atoms with Gasteiger partial charge >= 0.3 is 0 Å². The summed E-state index contributed by atoms with van der Waals surface area (Å²) in [6, 6.07) is 6.62. The lowest BCUT2D eigenvalue weighted by Gasteiger charge is -2.33. The fraction of sp³-hybridized carbons (Fsp3) is 0.667. The van der Waals surface area contributed by atoms with Crippen molar-refractivity contribution in [1.29, 1.82) is 0 Å². The van der Waals surface area contributed by atoms with Crippen molar-refractivity contribution in [2.75, 3.05) is 26.8 Å². The molecule has 0 aromatic heterocycles. The van der Waals surface area contributed by atoms with E-state index in [2.05, 4.69) is 51.2 Å². The van der Waals surface area contributed by atoms with E-state index in [0.29, 0.717) is 5.41 Å². The third-order valence-electron chi connectivity index (χ3n) is 4.68. The summed E-state index contributed by atoms with van der Waals surface area (Å²) in [5, 5.41) is 3.56.